The Morgan fingerprint density at radius 3 is 2.45 bits per heavy atom. The van der Waals surface area contributed by atoms with E-state index in [2.05, 4.69) is 49.6 Å². The minimum Gasteiger partial charge on any atom is -0.390 e. The highest BCUT2D eigenvalue weighted by atomic mass is 35.5. The number of aliphatic hydroxyl groups excluding tert-OH is 2. The Morgan fingerprint density at radius 1 is 1.00 bits per heavy atom. The number of piperazine rings is 1. The highest BCUT2D eigenvalue weighted by Gasteiger charge is 2.54. The van der Waals surface area contributed by atoms with Gasteiger partial charge in [-0.2, -0.15) is 0 Å². The number of anilines is 4. The molecule has 5 atom stereocenters. The van der Waals surface area contributed by atoms with Gasteiger partial charge in [-0.05, 0) is 84.3 Å². The average Bonchev–Trinajstić information content (AvgIpc) is 3.85. The minimum absolute atomic E-state index is 0.0128. The lowest BCUT2D eigenvalue weighted by Crippen LogP contribution is -2.48. The van der Waals surface area contributed by atoms with Gasteiger partial charge in [0.1, 0.15) is 22.3 Å². The Balaban J connectivity index is 0.890. The highest BCUT2D eigenvalue weighted by molar-refractivity contribution is 7.17. The van der Waals surface area contributed by atoms with E-state index in [9.17, 15) is 19.8 Å². The molecule has 3 fully saturated rings. The zero-order chi connectivity index (χ0) is 39.5. The van der Waals surface area contributed by atoms with Gasteiger partial charge in [0.2, 0.25) is 5.91 Å². The van der Waals surface area contributed by atoms with Gasteiger partial charge in [0.25, 0.3) is 5.91 Å². The lowest BCUT2D eigenvalue weighted by Gasteiger charge is -2.36. The van der Waals surface area contributed by atoms with Crippen molar-refractivity contribution in [1.82, 2.24) is 25.2 Å². The number of aliphatic hydroxyl groups is 2. The number of thiazole rings is 1. The van der Waals surface area contributed by atoms with E-state index in [-0.39, 0.29) is 35.2 Å². The molecule has 2 bridgehead atoms. The Hall–Kier alpha value is -3.44. The van der Waals surface area contributed by atoms with Crippen LogP contribution in [0.15, 0.2) is 30.5 Å². The molecule has 3 aromatic rings. The second kappa shape index (κ2) is 17.4. The number of halogens is 1. The number of para-hydroxylation sites is 1. The van der Waals surface area contributed by atoms with Gasteiger partial charge in [-0.1, -0.05) is 35.1 Å². The SMILES string of the molecule is Cc1nc(Nc2ncc(C(=O)Nc3c(C)cccc3Cl)s2)cc(N2CCN(CCOC(C)(C)CCOC(C)(C)CNC(=O)C3CC4CC3C(O)C4O)CC2)n1. The molecule has 1 aromatic carbocycles. The van der Waals surface area contributed by atoms with E-state index >= 15 is 0 Å². The highest BCUT2D eigenvalue weighted by Crippen LogP contribution is 2.48. The van der Waals surface area contributed by atoms with E-state index < -0.39 is 17.8 Å². The van der Waals surface area contributed by atoms with Crippen LogP contribution in [0.1, 0.15) is 68.0 Å². The summed E-state index contributed by atoms with van der Waals surface area (Å²) in [5.41, 5.74) is 0.534. The molecular formula is C39H55ClN8O6S. The van der Waals surface area contributed by atoms with Crippen molar-refractivity contribution in [2.24, 2.45) is 17.8 Å². The summed E-state index contributed by atoms with van der Waals surface area (Å²) >= 11 is 7.53. The summed E-state index contributed by atoms with van der Waals surface area (Å²) in [6.07, 6.45) is 2.07. The molecule has 1 saturated heterocycles. The summed E-state index contributed by atoms with van der Waals surface area (Å²) in [6.45, 7) is 17.5. The Labute approximate surface area is 332 Å². The van der Waals surface area contributed by atoms with Crippen molar-refractivity contribution in [1.29, 1.82) is 0 Å². The molecule has 5 unspecified atom stereocenters. The molecule has 2 saturated carbocycles. The Bertz CT molecular complexity index is 1800. The second-order valence-corrected chi connectivity index (χ2v) is 17.6. The van der Waals surface area contributed by atoms with Crippen molar-refractivity contribution >= 4 is 57.2 Å². The maximum atomic E-state index is 12.9. The average molecular weight is 799 g/mol. The number of ether oxygens (including phenoxy) is 2. The number of nitrogens with one attached hydrogen (secondary N) is 3. The van der Waals surface area contributed by atoms with Gasteiger partial charge in [-0.3, -0.25) is 14.5 Å². The van der Waals surface area contributed by atoms with Gasteiger partial charge in [-0.25, -0.2) is 15.0 Å². The number of benzene rings is 1. The van der Waals surface area contributed by atoms with Crippen LogP contribution < -0.4 is 20.9 Å². The van der Waals surface area contributed by atoms with Crippen LogP contribution in [0.25, 0.3) is 0 Å². The number of amides is 2. The number of carbonyl (C=O) groups is 2. The number of aryl methyl sites for hydroxylation is 2. The van der Waals surface area contributed by atoms with E-state index in [1.165, 1.54) is 17.5 Å². The van der Waals surface area contributed by atoms with Crippen molar-refractivity contribution in [3.8, 4) is 0 Å². The smallest absolute Gasteiger partial charge is 0.267 e. The number of rotatable bonds is 16. The van der Waals surface area contributed by atoms with Crippen molar-refractivity contribution in [2.45, 2.75) is 84.2 Å². The van der Waals surface area contributed by atoms with Crippen molar-refractivity contribution < 1.29 is 29.3 Å². The number of fused-ring (bicyclic) bond motifs is 2. The molecule has 16 heteroatoms. The largest absolute Gasteiger partial charge is 0.390 e. The molecule has 2 aromatic heterocycles. The number of hydrogen-bond acceptors (Lipinski definition) is 13. The molecule has 6 rings (SSSR count). The topological polar surface area (TPSA) is 174 Å². The first kappa shape index (κ1) is 41.2. The summed E-state index contributed by atoms with van der Waals surface area (Å²) in [4.78, 5) is 44.5. The third-order valence-electron chi connectivity index (χ3n) is 11.0. The lowest BCUT2D eigenvalue weighted by atomic mass is 9.84. The van der Waals surface area contributed by atoms with Crippen molar-refractivity contribution in [3.05, 3.63) is 51.7 Å². The van der Waals surface area contributed by atoms with Gasteiger partial charge < -0.3 is 40.5 Å². The molecule has 3 heterocycles. The van der Waals surface area contributed by atoms with Crippen LogP contribution in [0.4, 0.5) is 22.5 Å². The molecule has 14 nitrogen and oxygen atoms in total. The number of carbonyl (C=O) groups excluding carboxylic acids is 2. The normalized spacial score (nSPS) is 22.9. The minimum atomic E-state index is -0.808. The number of hydrogen-bond donors (Lipinski definition) is 5. The summed E-state index contributed by atoms with van der Waals surface area (Å²) < 4.78 is 12.5. The number of nitrogens with zero attached hydrogens (tertiary/aromatic N) is 5. The quantitative estimate of drug-likeness (QED) is 0.134. The van der Waals surface area contributed by atoms with Gasteiger partial charge in [0.05, 0.1) is 53.5 Å². The monoisotopic (exact) mass is 798 g/mol. The van der Waals surface area contributed by atoms with E-state index in [4.69, 9.17) is 26.1 Å². The first-order valence-corrected chi connectivity index (χ1v) is 20.3. The molecule has 1 aliphatic heterocycles. The fraction of sp³-hybridized carbons (Fsp3) is 0.615. The second-order valence-electron chi connectivity index (χ2n) is 16.2. The predicted molar refractivity (Wildman–Crippen MR) is 214 cm³/mol. The van der Waals surface area contributed by atoms with E-state index in [1.807, 2.05) is 45.9 Å². The third-order valence-corrected chi connectivity index (χ3v) is 12.2. The molecule has 0 radical (unpaired) electrons. The first-order chi connectivity index (χ1) is 26.1. The standard InChI is InChI=1S/C39H55ClN8O6S/c1-23-8-7-9-28(40)32(23)46-36(52)29-21-41-37(55-29)45-30-20-31(44-24(2)43-30)48-13-11-47(12-14-48)15-17-54-38(3,4)10-16-53-39(5,6)22-42-35(51)27-19-25-18-26(27)34(50)33(25)49/h7-9,20-21,25-27,33-34,49-50H,10-19,22H2,1-6H3,(H,42,51)(H,46,52)(H,41,43,44,45). The summed E-state index contributed by atoms with van der Waals surface area (Å²) in [6, 6.07) is 7.39. The molecule has 2 aliphatic carbocycles. The third kappa shape index (κ3) is 10.5. The zero-order valence-corrected chi connectivity index (χ0v) is 34.2. The number of aromatic nitrogens is 3. The van der Waals surface area contributed by atoms with Crippen LogP contribution in [0, 0.1) is 31.6 Å². The molecule has 2 amide bonds. The Morgan fingerprint density at radius 2 is 1.75 bits per heavy atom. The summed E-state index contributed by atoms with van der Waals surface area (Å²) in [5.74, 6) is 1.34. The molecule has 55 heavy (non-hydrogen) atoms. The maximum Gasteiger partial charge on any atom is 0.267 e. The van der Waals surface area contributed by atoms with Crippen LogP contribution in [-0.2, 0) is 14.3 Å². The predicted octanol–water partition coefficient (Wildman–Crippen LogP) is 4.80. The van der Waals surface area contributed by atoms with Gasteiger partial charge in [-0.15, -0.1) is 0 Å². The lowest BCUT2D eigenvalue weighted by molar-refractivity contribution is -0.132. The van der Waals surface area contributed by atoms with Crippen LogP contribution in [0.3, 0.4) is 0 Å². The van der Waals surface area contributed by atoms with Gasteiger partial charge >= 0.3 is 0 Å². The fourth-order valence-corrected chi connectivity index (χ4v) is 8.66. The molecule has 300 valence electrons. The molecule has 0 spiro atoms. The first-order valence-electron chi connectivity index (χ1n) is 19.1. The molecule has 5 N–H and O–H groups in total. The van der Waals surface area contributed by atoms with Crippen molar-refractivity contribution in [3.63, 3.8) is 0 Å². The van der Waals surface area contributed by atoms with E-state index in [0.29, 0.717) is 71.4 Å². The van der Waals surface area contributed by atoms with Crippen LogP contribution in [-0.4, -0.2) is 118 Å². The maximum absolute atomic E-state index is 12.9. The summed E-state index contributed by atoms with van der Waals surface area (Å²) in [7, 11) is 0. The fourth-order valence-electron chi connectivity index (χ4n) is 7.67. The Kier molecular flexibility index (Phi) is 13.0. The van der Waals surface area contributed by atoms with E-state index in [1.54, 1.807) is 6.07 Å². The van der Waals surface area contributed by atoms with Gasteiger partial charge in [0.15, 0.2) is 5.13 Å². The van der Waals surface area contributed by atoms with Crippen molar-refractivity contribution in [2.75, 3.05) is 68.0 Å². The van der Waals surface area contributed by atoms with Crippen LogP contribution >= 0.6 is 22.9 Å². The van der Waals surface area contributed by atoms with Crippen LogP contribution in [0.5, 0.6) is 0 Å². The van der Waals surface area contributed by atoms with E-state index in [0.717, 1.165) is 44.1 Å². The molecular weight excluding hydrogens is 744 g/mol. The summed E-state index contributed by atoms with van der Waals surface area (Å²) in [5, 5.41) is 30.5. The zero-order valence-electron chi connectivity index (χ0n) is 32.6. The van der Waals surface area contributed by atoms with Crippen LogP contribution in [0.2, 0.25) is 5.02 Å². The van der Waals surface area contributed by atoms with Gasteiger partial charge in [0, 0.05) is 51.3 Å². The molecule has 3 aliphatic rings.